The van der Waals surface area contributed by atoms with E-state index in [2.05, 4.69) is 10.6 Å². The zero-order valence-corrected chi connectivity index (χ0v) is 18.5. The standard InChI is InChI=1S/C24H20F5N3O3/c1-12-9-14(25)4-8-19(12)35-20-10-13(24(27,28)29)3-6-16(20)22(33)32-15-5-7-18(26)17(11-15)21(30)23(34)31-2/h3-11,21H,30H2,1-2H3,(H,31,34)(H,32,33). The van der Waals surface area contributed by atoms with Crippen molar-refractivity contribution in [2.75, 3.05) is 12.4 Å². The van der Waals surface area contributed by atoms with E-state index in [0.717, 1.165) is 30.3 Å². The fraction of sp³-hybridized carbons (Fsp3) is 0.167. The van der Waals surface area contributed by atoms with E-state index in [4.69, 9.17) is 10.5 Å². The van der Waals surface area contributed by atoms with E-state index in [0.29, 0.717) is 17.7 Å². The van der Waals surface area contributed by atoms with E-state index in [-0.39, 0.29) is 22.6 Å². The van der Waals surface area contributed by atoms with Gasteiger partial charge in [0, 0.05) is 18.3 Å². The van der Waals surface area contributed by atoms with Gasteiger partial charge < -0.3 is 21.1 Å². The number of amides is 2. The molecule has 0 aliphatic rings. The molecule has 0 radical (unpaired) electrons. The number of anilines is 1. The van der Waals surface area contributed by atoms with Gasteiger partial charge >= 0.3 is 6.18 Å². The van der Waals surface area contributed by atoms with Gasteiger partial charge in [-0.3, -0.25) is 9.59 Å². The zero-order chi connectivity index (χ0) is 25.9. The number of hydrogen-bond donors (Lipinski definition) is 3. The van der Waals surface area contributed by atoms with Crippen LogP contribution in [0.15, 0.2) is 54.6 Å². The van der Waals surface area contributed by atoms with E-state index in [1.165, 1.54) is 26.1 Å². The Bertz CT molecular complexity index is 1280. The second-order valence-electron chi connectivity index (χ2n) is 7.50. The fourth-order valence-corrected chi connectivity index (χ4v) is 3.17. The van der Waals surface area contributed by atoms with Gasteiger partial charge in [0.05, 0.1) is 11.1 Å². The number of rotatable bonds is 6. The van der Waals surface area contributed by atoms with Gasteiger partial charge in [0.25, 0.3) is 5.91 Å². The first kappa shape index (κ1) is 25.6. The Morgan fingerprint density at radius 1 is 0.971 bits per heavy atom. The molecule has 0 spiro atoms. The second-order valence-corrected chi connectivity index (χ2v) is 7.50. The van der Waals surface area contributed by atoms with Crippen molar-refractivity contribution in [3.8, 4) is 11.5 Å². The van der Waals surface area contributed by atoms with Crippen LogP contribution in [0.25, 0.3) is 0 Å². The number of hydrogen-bond acceptors (Lipinski definition) is 4. The van der Waals surface area contributed by atoms with E-state index in [1.54, 1.807) is 0 Å². The first-order chi connectivity index (χ1) is 16.4. The van der Waals surface area contributed by atoms with Gasteiger partial charge in [-0.25, -0.2) is 8.78 Å². The number of alkyl halides is 3. The molecule has 6 nitrogen and oxygen atoms in total. The number of carbonyl (C=O) groups excluding carboxylic acids is 2. The van der Waals surface area contributed by atoms with Crippen LogP contribution in [-0.2, 0) is 11.0 Å². The molecule has 3 aromatic rings. The van der Waals surface area contributed by atoms with Crippen molar-refractivity contribution < 1.29 is 36.3 Å². The first-order valence-corrected chi connectivity index (χ1v) is 10.1. The number of benzene rings is 3. The molecule has 0 saturated carbocycles. The summed E-state index contributed by atoms with van der Waals surface area (Å²) in [5, 5.41) is 4.71. The van der Waals surface area contributed by atoms with Crippen LogP contribution in [0.3, 0.4) is 0 Å². The molecule has 0 aliphatic carbocycles. The number of likely N-dealkylation sites (N-methyl/N-ethyl adjacent to an activating group) is 1. The second kappa shape index (κ2) is 10.1. The first-order valence-electron chi connectivity index (χ1n) is 10.1. The minimum Gasteiger partial charge on any atom is -0.456 e. The molecular formula is C24H20F5N3O3. The Balaban J connectivity index is 1.98. The molecule has 0 fully saturated rings. The predicted octanol–water partition coefficient (Wildman–Crippen LogP) is 5.08. The van der Waals surface area contributed by atoms with Crippen molar-refractivity contribution in [2.45, 2.75) is 19.1 Å². The third kappa shape index (κ3) is 5.93. The average molecular weight is 493 g/mol. The topological polar surface area (TPSA) is 93.5 Å². The smallest absolute Gasteiger partial charge is 0.416 e. The highest BCUT2D eigenvalue weighted by molar-refractivity contribution is 6.06. The summed E-state index contributed by atoms with van der Waals surface area (Å²) in [6.45, 7) is 1.49. The average Bonchev–Trinajstić information content (AvgIpc) is 2.80. The molecule has 0 heterocycles. The van der Waals surface area contributed by atoms with Crippen LogP contribution in [0.4, 0.5) is 27.6 Å². The number of ether oxygens (including phenoxy) is 1. The van der Waals surface area contributed by atoms with Crippen LogP contribution >= 0.6 is 0 Å². The summed E-state index contributed by atoms with van der Waals surface area (Å²) in [6, 6.07) is 7.65. The summed E-state index contributed by atoms with van der Waals surface area (Å²) >= 11 is 0. The van der Waals surface area contributed by atoms with E-state index in [1.807, 2.05) is 0 Å². The summed E-state index contributed by atoms with van der Waals surface area (Å²) in [6.07, 6.45) is -4.72. The molecule has 2 amide bonds. The van der Waals surface area contributed by atoms with Crippen molar-refractivity contribution in [3.05, 3.63) is 88.5 Å². The molecule has 3 aromatic carbocycles. The van der Waals surface area contributed by atoms with Crippen molar-refractivity contribution in [3.63, 3.8) is 0 Å². The molecule has 1 unspecified atom stereocenters. The predicted molar refractivity (Wildman–Crippen MR) is 118 cm³/mol. The van der Waals surface area contributed by atoms with Gasteiger partial charge in [0.2, 0.25) is 5.91 Å². The summed E-state index contributed by atoms with van der Waals surface area (Å²) in [5.41, 5.74) is 4.52. The highest BCUT2D eigenvalue weighted by Crippen LogP contribution is 2.36. The van der Waals surface area contributed by atoms with Gasteiger partial charge in [0.1, 0.15) is 29.2 Å². The van der Waals surface area contributed by atoms with Crippen molar-refractivity contribution in [1.29, 1.82) is 0 Å². The largest absolute Gasteiger partial charge is 0.456 e. The highest BCUT2D eigenvalue weighted by Gasteiger charge is 2.32. The fourth-order valence-electron chi connectivity index (χ4n) is 3.17. The zero-order valence-electron chi connectivity index (χ0n) is 18.5. The summed E-state index contributed by atoms with van der Waals surface area (Å²) in [5.74, 6) is -3.29. The quantitative estimate of drug-likeness (QED) is 0.418. The minimum absolute atomic E-state index is 0.0366. The number of aryl methyl sites for hydroxylation is 1. The third-order valence-corrected chi connectivity index (χ3v) is 5.03. The monoisotopic (exact) mass is 493 g/mol. The molecule has 0 saturated heterocycles. The summed E-state index contributed by atoms with van der Waals surface area (Å²) in [7, 11) is 1.32. The summed E-state index contributed by atoms with van der Waals surface area (Å²) in [4.78, 5) is 24.7. The Morgan fingerprint density at radius 2 is 1.69 bits per heavy atom. The van der Waals surface area contributed by atoms with Crippen LogP contribution in [0.1, 0.15) is 33.1 Å². The Labute approximate surface area is 196 Å². The molecule has 0 aromatic heterocycles. The van der Waals surface area contributed by atoms with Crippen molar-refractivity contribution in [1.82, 2.24) is 5.32 Å². The molecule has 3 rings (SSSR count). The highest BCUT2D eigenvalue weighted by atomic mass is 19.4. The summed E-state index contributed by atoms with van der Waals surface area (Å²) < 4.78 is 73.0. The SMILES string of the molecule is CNC(=O)C(N)c1cc(NC(=O)c2ccc(C(F)(F)F)cc2Oc2ccc(F)cc2C)ccc1F. The van der Waals surface area contributed by atoms with Crippen molar-refractivity contribution in [2.24, 2.45) is 5.73 Å². The van der Waals surface area contributed by atoms with Crippen LogP contribution < -0.4 is 21.1 Å². The molecule has 35 heavy (non-hydrogen) atoms. The number of nitrogens with one attached hydrogen (secondary N) is 2. The van der Waals surface area contributed by atoms with Gasteiger partial charge in [-0.15, -0.1) is 0 Å². The lowest BCUT2D eigenvalue weighted by atomic mass is 10.0. The lowest BCUT2D eigenvalue weighted by Crippen LogP contribution is -2.32. The van der Waals surface area contributed by atoms with Crippen LogP contribution in [0.2, 0.25) is 0 Å². The Hall–Kier alpha value is -3.99. The normalized spacial score (nSPS) is 12.1. The van der Waals surface area contributed by atoms with E-state index >= 15 is 0 Å². The lowest BCUT2D eigenvalue weighted by molar-refractivity contribution is -0.137. The van der Waals surface area contributed by atoms with Gasteiger partial charge in [-0.05, 0) is 67.1 Å². The number of halogens is 5. The van der Waals surface area contributed by atoms with Crippen LogP contribution in [-0.4, -0.2) is 18.9 Å². The van der Waals surface area contributed by atoms with Gasteiger partial charge in [0.15, 0.2) is 0 Å². The van der Waals surface area contributed by atoms with E-state index < -0.39 is 47.0 Å². The molecule has 0 aliphatic heterocycles. The molecule has 11 heteroatoms. The van der Waals surface area contributed by atoms with Gasteiger partial charge in [-0.2, -0.15) is 13.2 Å². The maximum Gasteiger partial charge on any atom is 0.416 e. The number of carbonyl (C=O) groups is 2. The van der Waals surface area contributed by atoms with Crippen LogP contribution in [0, 0.1) is 18.6 Å². The van der Waals surface area contributed by atoms with Crippen LogP contribution in [0.5, 0.6) is 11.5 Å². The maximum absolute atomic E-state index is 14.2. The Morgan fingerprint density at radius 3 is 2.31 bits per heavy atom. The third-order valence-electron chi connectivity index (χ3n) is 5.03. The lowest BCUT2D eigenvalue weighted by Gasteiger charge is -2.16. The molecular weight excluding hydrogens is 473 g/mol. The van der Waals surface area contributed by atoms with E-state index in [9.17, 15) is 31.5 Å². The molecule has 0 bridgehead atoms. The van der Waals surface area contributed by atoms with Gasteiger partial charge in [-0.1, -0.05) is 0 Å². The van der Waals surface area contributed by atoms with Crippen molar-refractivity contribution >= 4 is 17.5 Å². The molecule has 4 N–H and O–H groups in total. The Kier molecular flexibility index (Phi) is 7.39. The minimum atomic E-state index is -4.72. The molecule has 1 atom stereocenters. The number of nitrogens with two attached hydrogens (primary N) is 1. The molecule has 184 valence electrons. The maximum atomic E-state index is 14.2.